The van der Waals surface area contributed by atoms with Crippen LogP contribution in [-0.4, -0.2) is 73.3 Å². The van der Waals surface area contributed by atoms with Crippen LogP contribution in [0.15, 0.2) is 97.1 Å². The van der Waals surface area contributed by atoms with Gasteiger partial charge in [0.05, 0.1) is 30.5 Å². The number of hydrogen-bond acceptors (Lipinski definition) is 13. The van der Waals surface area contributed by atoms with E-state index in [2.05, 4.69) is 41.7 Å². The molecule has 0 spiro atoms. The van der Waals surface area contributed by atoms with Gasteiger partial charge in [-0.25, -0.2) is 4.79 Å². The van der Waals surface area contributed by atoms with E-state index >= 15 is 0 Å². The van der Waals surface area contributed by atoms with Crippen LogP contribution < -0.4 is 60.7 Å². The summed E-state index contributed by atoms with van der Waals surface area (Å²) in [5.74, 6) is -2.56. The Kier molecular flexibility index (Phi) is 14.2. The van der Waals surface area contributed by atoms with Gasteiger partial charge in [-0.3, -0.25) is 34.3 Å². The summed E-state index contributed by atoms with van der Waals surface area (Å²) in [5.41, 5.74) is 3.37. The molecule has 6 aromatic rings. The molecule has 56 heavy (non-hydrogen) atoms. The van der Waals surface area contributed by atoms with Crippen LogP contribution in [0.4, 0.5) is 22.7 Å². The topological polar surface area (TPSA) is 214 Å². The van der Waals surface area contributed by atoms with Gasteiger partial charge in [0.25, 0.3) is 5.91 Å². The van der Waals surface area contributed by atoms with E-state index in [0.29, 0.717) is 41.9 Å². The van der Waals surface area contributed by atoms with Crippen molar-refractivity contribution in [1.82, 2.24) is 29.5 Å². The van der Waals surface area contributed by atoms with Gasteiger partial charge < -0.3 is 40.6 Å². The van der Waals surface area contributed by atoms with Crippen molar-refractivity contribution >= 4 is 89.5 Å². The van der Waals surface area contributed by atoms with Gasteiger partial charge in [-0.1, -0.05) is 24.3 Å². The summed E-state index contributed by atoms with van der Waals surface area (Å²) in [4.78, 5) is 38.8. The van der Waals surface area contributed by atoms with E-state index in [1.807, 2.05) is 24.3 Å². The number of carbonyl (C=O) groups excluding carboxylic acids is 3. The van der Waals surface area contributed by atoms with Crippen LogP contribution in [0.3, 0.4) is 0 Å². The molecule has 8 N–H and O–H groups in total. The molecule has 21 heteroatoms. The number of nitrogens with zero attached hydrogens (tertiary/aromatic N) is 2. The first-order valence-corrected chi connectivity index (χ1v) is 17.8. The maximum Gasteiger partial charge on any atom is 1.00 e. The number of anilines is 4. The summed E-state index contributed by atoms with van der Waals surface area (Å²) in [6.07, 6.45) is 0. The molecule has 282 valence electrons. The van der Waals surface area contributed by atoms with Gasteiger partial charge in [0.15, 0.2) is 31.9 Å². The minimum Gasteiger partial charge on any atom is -0.548 e. The van der Waals surface area contributed by atoms with Crippen molar-refractivity contribution in [2.75, 3.05) is 35.1 Å². The van der Waals surface area contributed by atoms with Crippen molar-refractivity contribution in [2.24, 2.45) is 0 Å². The quantitative estimate of drug-likeness (QED) is 0.0324. The van der Waals surface area contributed by atoms with Crippen molar-refractivity contribution in [2.45, 2.75) is 12.1 Å². The molecule has 0 bridgehead atoms. The average molecular weight is 839 g/mol. The van der Waals surface area contributed by atoms with Gasteiger partial charge in [0, 0.05) is 34.4 Å². The molecule has 0 saturated carbocycles. The fourth-order valence-electron chi connectivity index (χ4n) is 5.44. The Labute approximate surface area is 360 Å². The molecule has 16 nitrogen and oxygen atoms in total. The zero-order chi connectivity index (χ0) is 39.1. The number of aromatic amines is 4. The molecule has 0 aliphatic heterocycles. The molecule has 0 fully saturated rings. The van der Waals surface area contributed by atoms with Crippen molar-refractivity contribution in [1.29, 1.82) is 0 Å². The second-order valence-electron chi connectivity index (χ2n) is 11.6. The number of rotatable bonds is 15. The Balaban J connectivity index is 0.00000600. The van der Waals surface area contributed by atoms with Crippen molar-refractivity contribution < 1.29 is 58.5 Å². The summed E-state index contributed by atoms with van der Waals surface area (Å²) in [7, 11) is 1.13. The Morgan fingerprint density at radius 1 is 0.679 bits per heavy atom. The van der Waals surface area contributed by atoms with Crippen molar-refractivity contribution in [3.8, 4) is 17.1 Å². The summed E-state index contributed by atoms with van der Waals surface area (Å²) in [6.45, 7) is 0.0550. The second kappa shape index (κ2) is 19.0. The average Bonchev–Trinajstić information content (AvgIpc) is 3.70. The smallest absolute Gasteiger partial charge is 0.548 e. The number of H-pyrrole nitrogens is 4. The van der Waals surface area contributed by atoms with Gasteiger partial charge >= 0.3 is 35.5 Å². The van der Waals surface area contributed by atoms with Gasteiger partial charge in [-0.05, 0) is 116 Å². The maximum absolute atomic E-state index is 13.3. The van der Waals surface area contributed by atoms with Crippen LogP contribution in [-0.2, 0) is 14.3 Å². The third kappa shape index (κ3) is 10.1. The number of hydrogen-bond donors (Lipinski definition) is 8. The zero-order valence-corrected chi connectivity index (χ0v) is 34.8. The first kappa shape index (κ1) is 41.8. The van der Waals surface area contributed by atoms with Gasteiger partial charge in [-0.15, -0.1) is 0 Å². The normalized spacial score (nSPS) is 11.7. The molecule has 0 aliphatic rings. The first-order valence-electron chi connectivity index (χ1n) is 16.2. The van der Waals surface area contributed by atoms with E-state index < -0.39 is 29.9 Å². The predicted octanol–water partition coefficient (Wildman–Crippen LogP) is 2.39. The molecule has 2 atom stereocenters. The number of nitrogens with one attached hydrogen (secondary N) is 8. The second-order valence-corrected chi connectivity index (χ2v) is 13.2. The van der Waals surface area contributed by atoms with E-state index in [0.717, 1.165) is 18.5 Å². The Hall–Kier alpha value is -5.35. The first-order chi connectivity index (χ1) is 26.5. The monoisotopic (exact) mass is 838 g/mol. The van der Waals surface area contributed by atoms with Crippen LogP contribution in [0.5, 0.6) is 5.75 Å². The molecule has 2 aromatic heterocycles. The molecule has 0 radical (unpaired) electrons. The number of ether oxygens (including phenoxy) is 2. The number of carbonyl (C=O) groups is 3. The van der Waals surface area contributed by atoms with E-state index in [-0.39, 0.29) is 47.5 Å². The summed E-state index contributed by atoms with van der Waals surface area (Å²) in [5, 5.41) is 35.3. The van der Waals surface area contributed by atoms with Crippen LogP contribution in [0.25, 0.3) is 11.4 Å². The number of methoxy groups -OCH3 is 1. The van der Waals surface area contributed by atoms with E-state index in [4.69, 9.17) is 58.3 Å². The van der Waals surface area contributed by atoms with Crippen LogP contribution in [0, 0.1) is 19.1 Å². The number of carboxylic acids is 1. The number of esters is 1. The maximum atomic E-state index is 13.3. The third-order valence-electron chi connectivity index (χ3n) is 7.99. The Bertz CT molecular complexity index is 2560. The standard InChI is InChI=1S/C35H32N10O6S4.Na/c1-50-31(49)28(38-21-8-2-6-19(14-21)29(46)39-22-9-4-12-25(16-22)45-34(54)42-43-35(45)55)27(30(47)48)37-23-10-5-13-26(17-23)51-18-36-20-7-3-11-24(15-20)44-32(52)40-41-33(44)53;/h2-17,27-28,36-38H,18H2,1H3,(H,39,46)(H,40,52)(H,41,53)(H,42,54)(H,43,55)(H,47,48);/q;+1/p-1. The minimum atomic E-state index is -1.62. The van der Waals surface area contributed by atoms with Crippen LogP contribution in [0.2, 0.25) is 0 Å². The summed E-state index contributed by atoms with van der Waals surface area (Å²) in [6, 6.07) is 23.9. The Morgan fingerprint density at radius 3 is 1.77 bits per heavy atom. The number of amides is 1. The number of carboxylic acid groups (broad SMARTS) is 1. The molecule has 2 unspecified atom stereocenters. The summed E-state index contributed by atoms with van der Waals surface area (Å²) < 4.78 is 15.6. The van der Waals surface area contributed by atoms with Crippen molar-refractivity contribution in [3.63, 3.8) is 0 Å². The molecule has 0 aliphatic carbocycles. The largest absolute Gasteiger partial charge is 1.00 e. The predicted molar refractivity (Wildman–Crippen MR) is 214 cm³/mol. The van der Waals surface area contributed by atoms with Crippen LogP contribution in [0.1, 0.15) is 10.4 Å². The molecule has 0 saturated heterocycles. The SMILES string of the molecule is COC(=O)C(Nc1cccc(C(=O)Nc2cccc(-n3c(=S)[nH][nH]c3=S)c2)c1)C(Nc1cccc(OCNc2cccc(-n3c(=S)[nH][nH]c3=S)c2)c1)C(=O)[O-].[Na+]. The van der Waals surface area contributed by atoms with Gasteiger partial charge in [0.2, 0.25) is 0 Å². The molecule has 1 amide bonds. The minimum absolute atomic E-state index is 0. The Morgan fingerprint density at radius 2 is 1.18 bits per heavy atom. The summed E-state index contributed by atoms with van der Waals surface area (Å²) >= 11 is 21.2. The number of benzene rings is 4. The number of aliphatic carboxylic acids is 1. The van der Waals surface area contributed by atoms with Gasteiger partial charge in [-0.2, -0.15) is 0 Å². The van der Waals surface area contributed by atoms with E-state index in [1.54, 1.807) is 75.9 Å². The molecular formula is C35H31N10NaO6S4. The van der Waals surface area contributed by atoms with Crippen molar-refractivity contribution in [3.05, 3.63) is 122 Å². The van der Waals surface area contributed by atoms with Gasteiger partial charge in [0.1, 0.15) is 5.75 Å². The van der Waals surface area contributed by atoms with E-state index in [1.165, 1.54) is 6.07 Å². The third-order valence-corrected chi connectivity index (χ3v) is 9.13. The van der Waals surface area contributed by atoms with Crippen LogP contribution >= 0.6 is 48.9 Å². The van der Waals surface area contributed by atoms with E-state index in [9.17, 15) is 19.5 Å². The fourth-order valence-corrected chi connectivity index (χ4v) is 6.55. The molecule has 6 rings (SSSR count). The molecule has 4 aromatic carbocycles. The zero-order valence-electron chi connectivity index (χ0n) is 29.6. The fraction of sp³-hybridized carbons (Fsp3) is 0.114. The number of aromatic nitrogens is 6. The molecule has 2 heterocycles. The molecular weight excluding hydrogens is 808 g/mol.